The van der Waals surface area contributed by atoms with E-state index >= 15 is 0 Å². The van der Waals surface area contributed by atoms with Gasteiger partial charge in [0, 0.05) is 13.0 Å². The van der Waals surface area contributed by atoms with Crippen LogP contribution in [-0.4, -0.2) is 97.5 Å². The number of hydrogen-bond donors (Lipinski definition) is 4. The highest BCUT2D eigenvalue weighted by Gasteiger charge is 2.48. The minimum absolute atomic E-state index is 0.0353. The third-order valence-electron chi connectivity index (χ3n) is 7.62. The number of carbonyl (C=O) groups is 1. The van der Waals surface area contributed by atoms with Crippen LogP contribution in [0.1, 0.15) is 123 Å². The van der Waals surface area contributed by atoms with Gasteiger partial charge in [-0.05, 0) is 32.1 Å². The molecule has 0 radical (unpaired) electrons. The summed E-state index contributed by atoms with van der Waals surface area (Å²) >= 11 is 0. The first-order valence-corrected chi connectivity index (χ1v) is 18.3. The van der Waals surface area contributed by atoms with E-state index in [1.807, 2.05) is 0 Å². The molecule has 1 saturated heterocycles. The van der Waals surface area contributed by atoms with E-state index in [-0.39, 0.29) is 19.6 Å². The van der Waals surface area contributed by atoms with Gasteiger partial charge in [0.1, 0.15) is 30.5 Å². The normalized spacial score (nSPS) is 23.0. The van der Waals surface area contributed by atoms with E-state index in [0.29, 0.717) is 13.0 Å². The molecule has 12 nitrogen and oxygen atoms in total. The Hall–Kier alpha value is -1.16. The number of rotatable bonds is 28. The monoisotopic (exact) mass is 668 g/mol. The highest BCUT2D eigenvalue weighted by molar-refractivity contribution is 7.80. The molecule has 13 heteroatoms. The van der Waals surface area contributed by atoms with Crippen LogP contribution in [0, 0.1) is 0 Å². The molecule has 1 aliphatic rings. The average Bonchev–Trinajstić information content (AvgIpc) is 3.00. The van der Waals surface area contributed by atoms with Crippen molar-refractivity contribution >= 4 is 16.4 Å². The summed E-state index contributed by atoms with van der Waals surface area (Å²) in [5.74, 6) is -0.414. The molecule has 0 saturated carbocycles. The lowest BCUT2D eigenvalue weighted by Crippen LogP contribution is -2.60. The molecule has 4 N–H and O–H groups in total. The number of aliphatic hydroxyl groups is 3. The van der Waals surface area contributed by atoms with E-state index in [9.17, 15) is 28.5 Å². The molecular formula is C32H60O12S. The minimum Gasteiger partial charge on any atom is -0.457 e. The number of esters is 1. The third kappa shape index (κ3) is 20.6. The van der Waals surface area contributed by atoms with Crippen molar-refractivity contribution < 1.29 is 56.2 Å². The number of hydrogen-bond acceptors (Lipinski definition) is 11. The van der Waals surface area contributed by atoms with Gasteiger partial charge in [-0.3, -0.25) is 9.35 Å². The molecule has 0 amide bonds. The minimum atomic E-state index is -5.05. The summed E-state index contributed by atoms with van der Waals surface area (Å²) in [4.78, 5) is 12.6. The Kier molecular flexibility index (Phi) is 24.1. The Morgan fingerprint density at radius 3 is 2.09 bits per heavy atom. The van der Waals surface area contributed by atoms with Crippen molar-refractivity contribution in [2.75, 3.05) is 26.4 Å². The van der Waals surface area contributed by atoms with Crippen LogP contribution in [0.25, 0.3) is 0 Å². The Labute approximate surface area is 270 Å². The molecule has 0 aliphatic carbocycles. The molecule has 45 heavy (non-hydrogen) atoms. The van der Waals surface area contributed by atoms with E-state index in [0.717, 1.165) is 64.2 Å². The first kappa shape index (κ1) is 41.9. The summed E-state index contributed by atoms with van der Waals surface area (Å²) in [5.41, 5.74) is 0. The van der Waals surface area contributed by atoms with Gasteiger partial charge in [-0.2, -0.15) is 8.42 Å². The molecule has 0 aromatic carbocycles. The zero-order valence-electron chi connectivity index (χ0n) is 27.4. The van der Waals surface area contributed by atoms with Crippen LogP contribution in [0.4, 0.5) is 0 Å². The SMILES string of the molecule is CCC/C=C\CCCCCCCC(=O)OC(COCCCCCCCCCC)COC1OC(CO)C(O)C(OS(=O)(=O)O)C1O. The zero-order chi connectivity index (χ0) is 33.3. The number of carbonyl (C=O) groups excluding carboxylic acids is 1. The van der Waals surface area contributed by atoms with Gasteiger partial charge >= 0.3 is 16.4 Å². The number of ether oxygens (including phenoxy) is 4. The lowest BCUT2D eigenvalue weighted by molar-refractivity contribution is -0.301. The highest BCUT2D eigenvalue weighted by Crippen LogP contribution is 2.26. The van der Waals surface area contributed by atoms with E-state index in [4.69, 9.17) is 23.5 Å². The lowest BCUT2D eigenvalue weighted by atomic mass is 9.99. The number of unbranched alkanes of at least 4 members (excludes halogenated alkanes) is 13. The quantitative estimate of drug-likeness (QED) is 0.0389. The van der Waals surface area contributed by atoms with Crippen LogP contribution >= 0.6 is 0 Å². The van der Waals surface area contributed by atoms with Crippen molar-refractivity contribution in [3.63, 3.8) is 0 Å². The molecule has 1 fully saturated rings. The Bertz CT molecular complexity index is 868. The number of allylic oxidation sites excluding steroid dienone is 2. The van der Waals surface area contributed by atoms with Gasteiger partial charge in [-0.15, -0.1) is 0 Å². The van der Waals surface area contributed by atoms with E-state index in [2.05, 4.69) is 30.2 Å². The Balaban J connectivity index is 2.59. The number of aliphatic hydroxyl groups excluding tert-OH is 3. The summed E-state index contributed by atoms with van der Waals surface area (Å²) in [6, 6.07) is 0. The predicted molar refractivity (Wildman–Crippen MR) is 170 cm³/mol. The van der Waals surface area contributed by atoms with Crippen molar-refractivity contribution in [2.24, 2.45) is 0 Å². The molecule has 0 aromatic rings. The fourth-order valence-corrected chi connectivity index (χ4v) is 5.53. The van der Waals surface area contributed by atoms with Gasteiger partial charge in [0.25, 0.3) is 0 Å². The fourth-order valence-electron chi connectivity index (χ4n) is 5.03. The fraction of sp³-hybridized carbons (Fsp3) is 0.906. The summed E-state index contributed by atoms with van der Waals surface area (Å²) in [7, 11) is -5.05. The maximum Gasteiger partial charge on any atom is 0.397 e. The molecule has 1 rings (SSSR count). The first-order chi connectivity index (χ1) is 21.6. The molecule has 0 aromatic heterocycles. The van der Waals surface area contributed by atoms with E-state index in [1.165, 1.54) is 32.1 Å². The average molecular weight is 669 g/mol. The maximum absolute atomic E-state index is 12.6. The topological polar surface area (TPSA) is 178 Å². The van der Waals surface area contributed by atoms with Crippen LogP contribution in [0.5, 0.6) is 0 Å². The molecule has 6 unspecified atom stereocenters. The Morgan fingerprint density at radius 2 is 1.44 bits per heavy atom. The van der Waals surface area contributed by atoms with Crippen molar-refractivity contribution in [3.8, 4) is 0 Å². The Morgan fingerprint density at radius 1 is 0.822 bits per heavy atom. The second-order valence-electron chi connectivity index (χ2n) is 11.8. The summed E-state index contributed by atoms with van der Waals surface area (Å²) < 4.78 is 58.4. The van der Waals surface area contributed by atoms with Crippen LogP contribution in [-0.2, 0) is 38.3 Å². The van der Waals surface area contributed by atoms with Crippen molar-refractivity contribution in [1.29, 1.82) is 0 Å². The molecular weight excluding hydrogens is 608 g/mol. The van der Waals surface area contributed by atoms with Gasteiger partial charge in [0.05, 0.1) is 19.8 Å². The lowest BCUT2D eigenvalue weighted by Gasteiger charge is -2.41. The highest BCUT2D eigenvalue weighted by atomic mass is 32.3. The molecule has 266 valence electrons. The van der Waals surface area contributed by atoms with Crippen LogP contribution in [0.3, 0.4) is 0 Å². The molecule has 6 atom stereocenters. The molecule has 1 heterocycles. The molecule has 1 aliphatic heterocycles. The first-order valence-electron chi connectivity index (χ1n) is 16.9. The molecule has 0 bridgehead atoms. The third-order valence-corrected chi connectivity index (χ3v) is 8.08. The largest absolute Gasteiger partial charge is 0.457 e. The summed E-state index contributed by atoms with van der Waals surface area (Å²) in [6.45, 7) is 3.84. The van der Waals surface area contributed by atoms with Crippen molar-refractivity contribution in [1.82, 2.24) is 0 Å². The summed E-state index contributed by atoms with van der Waals surface area (Å²) in [5, 5.41) is 30.3. The van der Waals surface area contributed by atoms with Gasteiger partial charge in [0.15, 0.2) is 6.29 Å². The van der Waals surface area contributed by atoms with E-state index < -0.39 is 59.8 Å². The second-order valence-corrected chi connectivity index (χ2v) is 12.8. The van der Waals surface area contributed by atoms with E-state index in [1.54, 1.807) is 0 Å². The maximum atomic E-state index is 12.6. The van der Waals surface area contributed by atoms with Gasteiger partial charge in [-0.1, -0.05) is 96.6 Å². The van der Waals surface area contributed by atoms with Crippen molar-refractivity contribution in [3.05, 3.63) is 12.2 Å². The predicted octanol–water partition coefficient (Wildman–Crippen LogP) is 4.79. The second kappa shape index (κ2) is 25.9. The van der Waals surface area contributed by atoms with Crippen LogP contribution in [0.2, 0.25) is 0 Å². The zero-order valence-corrected chi connectivity index (χ0v) is 28.2. The molecule has 0 spiro atoms. The standard InChI is InChI=1S/C32H60O12S/c1-3-5-7-9-11-13-14-15-17-19-21-28(34)42-26(24-40-22-20-18-16-12-10-8-6-4-2)25-41-32-30(36)31(44-45(37,38)39)29(35)27(23-33)43-32/h7,9,26-27,29-33,35-36H,3-6,8,10-25H2,1-2H3,(H,37,38,39)/b9-7-. The van der Waals surface area contributed by atoms with Crippen LogP contribution < -0.4 is 0 Å². The smallest absolute Gasteiger partial charge is 0.397 e. The van der Waals surface area contributed by atoms with Crippen LogP contribution in [0.15, 0.2) is 12.2 Å². The van der Waals surface area contributed by atoms with Gasteiger partial charge in [-0.25, -0.2) is 4.18 Å². The van der Waals surface area contributed by atoms with Gasteiger partial charge in [0.2, 0.25) is 0 Å². The van der Waals surface area contributed by atoms with Crippen molar-refractivity contribution in [2.45, 2.75) is 160 Å². The summed E-state index contributed by atoms with van der Waals surface area (Å²) in [6.07, 6.45) is 12.8. The van der Waals surface area contributed by atoms with Gasteiger partial charge < -0.3 is 34.3 Å².